The van der Waals surface area contributed by atoms with Gasteiger partial charge in [0.05, 0.1) is 0 Å². The van der Waals surface area contributed by atoms with Gasteiger partial charge in [0.25, 0.3) is 0 Å². The molecule has 1 aromatic heterocycles. The summed E-state index contributed by atoms with van der Waals surface area (Å²) in [7, 11) is 0. The number of halogens is 1. The van der Waals surface area contributed by atoms with Gasteiger partial charge in [-0.15, -0.1) is 5.10 Å². The van der Waals surface area contributed by atoms with Crippen molar-refractivity contribution < 1.29 is 9.90 Å². The summed E-state index contributed by atoms with van der Waals surface area (Å²) in [5.74, 6) is -1.15. The normalized spacial score (nSPS) is 10.3. The van der Waals surface area contributed by atoms with E-state index in [-0.39, 0.29) is 10.8 Å². The number of hydrogen-bond donors (Lipinski definition) is 1. The smallest absolute Gasteiger partial charge is 0.359 e. The van der Waals surface area contributed by atoms with Crippen molar-refractivity contribution in [3.63, 3.8) is 0 Å². The Labute approximate surface area is 80.3 Å². The van der Waals surface area contributed by atoms with Crippen LogP contribution >= 0.6 is 11.6 Å². The highest BCUT2D eigenvalue weighted by Gasteiger charge is 2.16. The molecule has 1 heterocycles. The first-order chi connectivity index (χ1) is 6.16. The van der Waals surface area contributed by atoms with E-state index in [4.69, 9.17) is 16.7 Å². The van der Waals surface area contributed by atoms with Gasteiger partial charge in [-0.1, -0.05) is 30.2 Å². The van der Waals surface area contributed by atoms with Crippen molar-refractivity contribution in [1.82, 2.24) is 15.0 Å². The fourth-order valence-corrected chi connectivity index (χ4v) is 1.12. The molecule has 72 valence electrons. The van der Waals surface area contributed by atoms with Gasteiger partial charge in [-0.2, -0.15) is 0 Å². The molecule has 0 amide bonds. The molecule has 0 atom stereocenters. The van der Waals surface area contributed by atoms with Gasteiger partial charge in [0.1, 0.15) is 0 Å². The molecule has 1 aromatic rings. The van der Waals surface area contributed by atoms with E-state index in [0.717, 1.165) is 12.8 Å². The molecule has 0 aliphatic rings. The first kappa shape index (κ1) is 9.98. The third-order valence-electron chi connectivity index (χ3n) is 1.60. The molecule has 1 rings (SSSR count). The van der Waals surface area contributed by atoms with Crippen molar-refractivity contribution in [3.05, 3.63) is 10.8 Å². The van der Waals surface area contributed by atoms with E-state index in [2.05, 4.69) is 10.3 Å². The van der Waals surface area contributed by atoms with Gasteiger partial charge >= 0.3 is 5.97 Å². The van der Waals surface area contributed by atoms with Gasteiger partial charge in [-0.05, 0) is 6.42 Å². The highest BCUT2D eigenvalue weighted by molar-refractivity contribution is 6.32. The summed E-state index contributed by atoms with van der Waals surface area (Å²) in [6, 6.07) is 0. The maximum absolute atomic E-state index is 10.5. The second-order valence-corrected chi connectivity index (χ2v) is 2.97. The molecule has 0 saturated heterocycles. The minimum absolute atomic E-state index is 0.0981. The lowest BCUT2D eigenvalue weighted by Gasteiger charge is -1.98. The topological polar surface area (TPSA) is 68.0 Å². The molecule has 0 aromatic carbocycles. The highest BCUT2D eigenvalue weighted by atomic mass is 35.5. The Morgan fingerprint density at radius 3 is 2.85 bits per heavy atom. The maximum atomic E-state index is 10.5. The van der Waals surface area contributed by atoms with E-state index in [0.29, 0.717) is 6.54 Å². The number of aryl methyl sites for hydroxylation is 1. The number of carboxylic acids is 1. The molecule has 0 spiro atoms. The largest absolute Gasteiger partial charge is 0.476 e. The SMILES string of the molecule is CCCCn1nnc(C(=O)O)c1Cl. The summed E-state index contributed by atoms with van der Waals surface area (Å²) in [5.41, 5.74) is -0.183. The Morgan fingerprint density at radius 2 is 2.38 bits per heavy atom. The van der Waals surface area contributed by atoms with Crippen LogP contribution in [0.1, 0.15) is 30.3 Å². The van der Waals surface area contributed by atoms with Crippen molar-refractivity contribution in [2.24, 2.45) is 0 Å². The zero-order valence-corrected chi connectivity index (χ0v) is 7.95. The van der Waals surface area contributed by atoms with Crippen molar-refractivity contribution in [3.8, 4) is 0 Å². The van der Waals surface area contributed by atoms with Crippen LogP contribution < -0.4 is 0 Å². The van der Waals surface area contributed by atoms with Crippen molar-refractivity contribution in [2.45, 2.75) is 26.3 Å². The summed E-state index contributed by atoms with van der Waals surface area (Å²) in [6.45, 7) is 2.64. The van der Waals surface area contributed by atoms with E-state index in [9.17, 15) is 4.79 Å². The molecular formula is C7H10ClN3O2. The van der Waals surface area contributed by atoms with Crippen molar-refractivity contribution >= 4 is 17.6 Å². The van der Waals surface area contributed by atoms with E-state index in [1.165, 1.54) is 4.68 Å². The molecule has 0 radical (unpaired) electrons. The molecule has 6 heteroatoms. The van der Waals surface area contributed by atoms with Crippen LogP contribution in [0.15, 0.2) is 0 Å². The Bertz CT molecular complexity index is 311. The van der Waals surface area contributed by atoms with Crippen molar-refractivity contribution in [2.75, 3.05) is 0 Å². The van der Waals surface area contributed by atoms with E-state index in [1.54, 1.807) is 0 Å². The quantitative estimate of drug-likeness (QED) is 0.804. The lowest BCUT2D eigenvalue weighted by molar-refractivity contribution is 0.0690. The monoisotopic (exact) mass is 203 g/mol. The minimum Gasteiger partial charge on any atom is -0.476 e. The first-order valence-corrected chi connectivity index (χ1v) is 4.37. The number of nitrogens with zero attached hydrogens (tertiary/aromatic N) is 3. The molecular weight excluding hydrogens is 194 g/mol. The standard InChI is InChI=1S/C7H10ClN3O2/c1-2-3-4-11-6(8)5(7(12)13)9-10-11/h2-4H2,1H3,(H,12,13). The molecule has 0 saturated carbocycles. The average Bonchev–Trinajstić information content (AvgIpc) is 2.43. The summed E-state index contributed by atoms with van der Waals surface area (Å²) in [6.07, 6.45) is 1.90. The zero-order chi connectivity index (χ0) is 9.84. The Balaban J connectivity index is 2.80. The van der Waals surface area contributed by atoms with Crippen LogP contribution in [0.5, 0.6) is 0 Å². The zero-order valence-electron chi connectivity index (χ0n) is 7.20. The molecule has 0 aliphatic heterocycles. The van der Waals surface area contributed by atoms with E-state index < -0.39 is 5.97 Å². The maximum Gasteiger partial charge on any atom is 0.359 e. The van der Waals surface area contributed by atoms with Crippen LogP contribution in [0.4, 0.5) is 0 Å². The predicted molar refractivity (Wildman–Crippen MR) is 46.9 cm³/mol. The number of carboxylic acid groups (broad SMARTS) is 1. The van der Waals surface area contributed by atoms with Gasteiger partial charge in [0, 0.05) is 6.54 Å². The molecule has 0 fully saturated rings. The van der Waals surface area contributed by atoms with Crippen LogP contribution in [-0.2, 0) is 6.54 Å². The third-order valence-corrected chi connectivity index (χ3v) is 1.97. The average molecular weight is 204 g/mol. The van der Waals surface area contributed by atoms with Crippen LogP contribution in [-0.4, -0.2) is 26.1 Å². The second-order valence-electron chi connectivity index (χ2n) is 2.61. The van der Waals surface area contributed by atoms with E-state index >= 15 is 0 Å². The van der Waals surface area contributed by atoms with Crippen LogP contribution in [0.3, 0.4) is 0 Å². The number of aromatic nitrogens is 3. The fourth-order valence-electron chi connectivity index (χ4n) is 0.883. The molecule has 13 heavy (non-hydrogen) atoms. The number of hydrogen-bond acceptors (Lipinski definition) is 3. The van der Waals surface area contributed by atoms with Gasteiger partial charge < -0.3 is 5.11 Å². The summed E-state index contributed by atoms with van der Waals surface area (Å²) < 4.78 is 1.40. The molecule has 0 aliphatic carbocycles. The van der Waals surface area contributed by atoms with Crippen LogP contribution in [0, 0.1) is 0 Å². The second kappa shape index (κ2) is 4.23. The number of aromatic carboxylic acids is 1. The first-order valence-electron chi connectivity index (χ1n) is 3.99. The highest BCUT2D eigenvalue weighted by Crippen LogP contribution is 2.12. The van der Waals surface area contributed by atoms with Crippen molar-refractivity contribution in [1.29, 1.82) is 0 Å². The third kappa shape index (κ3) is 2.18. The summed E-state index contributed by atoms with van der Waals surface area (Å²) >= 11 is 5.71. The molecule has 0 bridgehead atoms. The lowest BCUT2D eigenvalue weighted by atomic mass is 10.3. The number of carbonyl (C=O) groups is 1. The molecule has 0 unspecified atom stereocenters. The number of rotatable bonds is 4. The lowest BCUT2D eigenvalue weighted by Crippen LogP contribution is -2.01. The predicted octanol–water partition coefficient (Wildman–Crippen LogP) is 1.43. The summed E-state index contributed by atoms with van der Waals surface area (Å²) in [5, 5.41) is 15.8. The van der Waals surface area contributed by atoms with Gasteiger partial charge in [0.2, 0.25) is 5.69 Å². The van der Waals surface area contributed by atoms with Gasteiger partial charge in [0.15, 0.2) is 5.15 Å². The van der Waals surface area contributed by atoms with Crippen LogP contribution in [0.2, 0.25) is 5.15 Å². The van der Waals surface area contributed by atoms with Crippen LogP contribution in [0.25, 0.3) is 0 Å². The van der Waals surface area contributed by atoms with Gasteiger partial charge in [-0.3, -0.25) is 0 Å². The summed E-state index contributed by atoms with van der Waals surface area (Å²) in [4.78, 5) is 10.5. The van der Waals surface area contributed by atoms with E-state index in [1.807, 2.05) is 6.92 Å². The molecule has 5 nitrogen and oxygen atoms in total. The Morgan fingerprint density at radius 1 is 1.69 bits per heavy atom. The molecule has 1 N–H and O–H groups in total. The van der Waals surface area contributed by atoms with Gasteiger partial charge in [-0.25, -0.2) is 9.48 Å². The Hall–Kier alpha value is -1.10. The Kier molecular flexibility index (Phi) is 3.25. The number of unbranched alkanes of at least 4 members (excludes halogenated alkanes) is 1. The minimum atomic E-state index is -1.15. The fraction of sp³-hybridized carbons (Fsp3) is 0.571.